The van der Waals surface area contributed by atoms with Crippen LogP contribution in [0.15, 0.2) is 30.3 Å². The van der Waals surface area contributed by atoms with Gasteiger partial charge >= 0.3 is 0 Å². The van der Waals surface area contributed by atoms with Crippen molar-refractivity contribution in [3.05, 3.63) is 35.9 Å². The van der Waals surface area contributed by atoms with E-state index in [0.29, 0.717) is 13.2 Å². The molecular weight excluding hydrogens is 226 g/mol. The number of aliphatic hydroxyl groups is 1. The van der Waals surface area contributed by atoms with E-state index in [2.05, 4.69) is 0 Å². The van der Waals surface area contributed by atoms with Gasteiger partial charge in [0.2, 0.25) is 0 Å². The first kappa shape index (κ1) is 13.5. The molecule has 1 aromatic rings. The zero-order chi connectivity index (χ0) is 12.6. The number of hydrogen-bond acceptors (Lipinski definition) is 2. The molecule has 1 aliphatic heterocycles. The highest BCUT2D eigenvalue weighted by Gasteiger charge is 2.17. The van der Waals surface area contributed by atoms with Gasteiger partial charge in [-0.05, 0) is 24.8 Å². The monoisotopic (exact) mass is 250 g/mol. The van der Waals surface area contributed by atoms with Crippen LogP contribution < -0.4 is 4.90 Å². The van der Waals surface area contributed by atoms with Crippen molar-refractivity contribution < 1.29 is 14.7 Å². The average molecular weight is 250 g/mol. The molecule has 2 N–H and O–H groups in total. The molecule has 1 aliphatic rings. The molecule has 1 aromatic carbocycles. The van der Waals surface area contributed by atoms with Crippen LogP contribution in [0.5, 0.6) is 0 Å². The Kier molecular flexibility index (Phi) is 5.65. The average Bonchev–Trinajstić information content (AvgIpc) is 2.41. The molecule has 0 bridgehead atoms. The van der Waals surface area contributed by atoms with Crippen molar-refractivity contribution in [2.75, 3.05) is 26.2 Å². The number of nitrogens with one attached hydrogen (secondary N) is 1. The van der Waals surface area contributed by atoms with Crippen LogP contribution in [0.4, 0.5) is 0 Å². The van der Waals surface area contributed by atoms with Crippen LogP contribution in [0.25, 0.3) is 0 Å². The molecule has 0 unspecified atom stereocenters. The van der Waals surface area contributed by atoms with E-state index in [-0.39, 0.29) is 6.10 Å². The second-order valence-electron chi connectivity index (χ2n) is 5.17. The van der Waals surface area contributed by atoms with E-state index in [1.54, 1.807) is 0 Å². The summed E-state index contributed by atoms with van der Waals surface area (Å²) >= 11 is 0. The van der Waals surface area contributed by atoms with E-state index in [1.807, 2.05) is 30.3 Å². The molecule has 1 saturated heterocycles. The van der Waals surface area contributed by atoms with E-state index in [1.165, 1.54) is 37.3 Å². The van der Waals surface area contributed by atoms with Gasteiger partial charge in [-0.1, -0.05) is 30.3 Å². The first-order chi connectivity index (χ1) is 8.84. The normalized spacial score (nSPS) is 18.7. The lowest BCUT2D eigenvalue weighted by atomic mass is 10.1. The smallest absolute Gasteiger partial charge is 0.126 e. The molecule has 0 aliphatic carbocycles. The van der Waals surface area contributed by atoms with Gasteiger partial charge in [0, 0.05) is 0 Å². The molecule has 2 rings (SSSR count). The van der Waals surface area contributed by atoms with Crippen molar-refractivity contribution in [1.82, 2.24) is 0 Å². The van der Waals surface area contributed by atoms with Crippen molar-refractivity contribution in [3.63, 3.8) is 0 Å². The number of aliphatic hydroxyl groups excluding tert-OH is 1. The molecular formula is C15H24NO2+. The van der Waals surface area contributed by atoms with Crippen LogP contribution in [0, 0.1) is 0 Å². The van der Waals surface area contributed by atoms with Crippen LogP contribution in [0.3, 0.4) is 0 Å². The lowest BCUT2D eigenvalue weighted by molar-refractivity contribution is -0.908. The van der Waals surface area contributed by atoms with Gasteiger partial charge in [0.05, 0.1) is 26.3 Å². The molecule has 0 radical (unpaired) electrons. The molecule has 100 valence electrons. The maximum Gasteiger partial charge on any atom is 0.126 e. The van der Waals surface area contributed by atoms with Crippen molar-refractivity contribution in [3.8, 4) is 0 Å². The van der Waals surface area contributed by atoms with E-state index < -0.39 is 0 Å². The van der Waals surface area contributed by atoms with Gasteiger partial charge < -0.3 is 14.7 Å². The highest BCUT2D eigenvalue weighted by atomic mass is 16.5. The summed E-state index contributed by atoms with van der Waals surface area (Å²) in [7, 11) is 0. The first-order valence-electron chi connectivity index (χ1n) is 6.98. The second kappa shape index (κ2) is 7.52. The van der Waals surface area contributed by atoms with Gasteiger partial charge in [-0.3, -0.25) is 0 Å². The fraction of sp³-hybridized carbons (Fsp3) is 0.600. The Hall–Kier alpha value is -0.900. The minimum absolute atomic E-state index is 0.332. The summed E-state index contributed by atoms with van der Waals surface area (Å²) in [6, 6.07) is 10.1. The van der Waals surface area contributed by atoms with E-state index >= 15 is 0 Å². The predicted octanol–water partition coefficient (Wildman–Crippen LogP) is 0.633. The molecule has 3 nitrogen and oxygen atoms in total. The number of hydrogen-bond donors (Lipinski definition) is 2. The van der Waals surface area contributed by atoms with Gasteiger partial charge in [0.1, 0.15) is 12.6 Å². The third-order valence-electron chi connectivity index (χ3n) is 3.51. The number of ether oxygens (including phenoxy) is 1. The number of piperidine rings is 1. The fourth-order valence-corrected chi connectivity index (χ4v) is 2.54. The number of benzene rings is 1. The van der Waals surface area contributed by atoms with Crippen LogP contribution in [-0.2, 0) is 11.3 Å². The lowest BCUT2D eigenvalue weighted by Crippen LogP contribution is -3.14. The van der Waals surface area contributed by atoms with Gasteiger partial charge in [-0.2, -0.15) is 0 Å². The van der Waals surface area contributed by atoms with Gasteiger partial charge in [-0.15, -0.1) is 0 Å². The Morgan fingerprint density at radius 3 is 2.56 bits per heavy atom. The first-order valence-corrected chi connectivity index (χ1v) is 6.98. The minimum atomic E-state index is -0.332. The highest BCUT2D eigenvalue weighted by Crippen LogP contribution is 2.01. The Labute approximate surface area is 109 Å². The van der Waals surface area contributed by atoms with Crippen molar-refractivity contribution in [2.45, 2.75) is 32.0 Å². The Morgan fingerprint density at radius 2 is 1.83 bits per heavy atom. The van der Waals surface area contributed by atoms with Gasteiger partial charge in [0.15, 0.2) is 0 Å². The quantitative estimate of drug-likeness (QED) is 0.776. The molecule has 0 spiro atoms. The van der Waals surface area contributed by atoms with E-state index in [9.17, 15) is 5.11 Å². The summed E-state index contributed by atoms with van der Waals surface area (Å²) in [5, 5.41) is 9.93. The third-order valence-corrected chi connectivity index (χ3v) is 3.51. The largest absolute Gasteiger partial charge is 0.385 e. The molecule has 0 saturated carbocycles. The molecule has 0 aromatic heterocycles. The number of quaternary nitrogens is 1. The van der Waals surface area contributed by atoms with Gasteiger partial charge in [0.25, 0.3) is 0 Å². The Bertz CT molecular complexity index is 323. The van der Waals surface area contributed by atoms with Gasteiger partial charge in [-0.25, -0.2) is 0 Å². The third kappa shape index (κ3) is 4.77. The van der Waals surface area contributed by atoms with E-state index in [4.69, 9.17) is 4.74 Å². The lowest BCUT2D eigenvalue weighted by Gasteiger charge is -2.25. The zero-order valence-corrected chi connectivity index (χ0v) is 11.0. The summed E-state index contributed by atoms with van der Waals surface area (Å²) in [5.41, 5.74) is 1.16. The molecule has 1 fully saturated rings. The standard InChI is InChI=1S/C15H23NO2/c17-15(11-16-9-5-2-6-10-16)13-18-12-14-7-3-1-4-8-14/h1,3-4,7-8,15,17H,2,5-6,9-13H2/p+1/t15-/m0/s1. The highest BCUT2D eigenvalue weighted by molar-refractivity contribution is 5.13. The maximum atomic E-state index is 9.93. The zero-order valence-electron chi connectivity index (χ0n) is 11.0. The summed E-state index contributed by atoms with van der Waals surface area (Å²) in [6.07, 6.45) is 3.62. The maximum absolute atomic E-state index is 9.93. The summed E-state index contributed by atoms with van der Waals surface area (Å²) < 4.78 is 5.56. The Balaban J connectivity index is 1.61. The van der Waals surface area contributed by atoms with Crippen molar-refractivity contribution >= 4 is 0 Å². The second-order valence-corrected chi connectivity index (χ2v) is 5.17. The van der Waals surface area contributed by atoms with Crippen LogP contribution in [-0.4, -0.2) is 37.5 Å². The predicted molar refractivity (Wildman–Crippen MR) is 71.5 cm³/mol. The number of likely N-dealkylation sites (tertiary alicyclic amines) is 1. The fourth-order valence-electron chi connectivity index (χ4n) is 2.54. The van der Waals surface area contributed by atoms with E-state index in [0.717, 1.165) is 12.1 Å². The summed E-state index contributed by atoms with van der Waals surface area (Å²) in [4.78, 5) is 1.53. The molecule has 1 atom stereocenters. The van der Waals surface area contributed by atoms with Crippen LogP contribution >= 0.6 is 0 Å². The molecule has 0 amide bonds. The minimum Gasteiger partial charge on any atom is -0.385 e. The Morgan fingerprint density at radius 1 is 1.11 bits per heavy atom. The topological polar surface area (TPSA) is 33.9 Å². The SMILES string of the molecule is O[C@H](COCc1ccccc1)C[NH+]1CCCCC1. The van der Waals surface area contributed by atoms with Crippen LogP contribution in [0.2, 0.25) is 0 Å². The molecule has 18 heavy (non-hydrogen) atoms. The summed E-state index contributed by atoms with van der Waals surface area (Å²) in [6.45, 7) is 4.27. The van der Waals surface area contributed by atoms with Crippen LogP contribution in [0.1, 0.15) is 24.8 Å². The summed E-state index contributed by atoms with van der Waals surface area (Å²) in [5.74, 6) is 0. The van der Waals surface area contributed by atoms with Crippen molar-refractivity contribution in [1.29, 1.82) is 0 Å². The molecule has 1 heterocycles. The number of rotatable bonds is 6. The van der Waals surface area contributed by atoms with Crippen molar-refractivity contribution in [2.24, 2.45) is 0 Å². The molecule has 3 heteroatoms.